The van der Waals surface area contributed by atoms with Gasteiger partial charge in [-0.05, 0) is 18.2 Å². The Bertz CT molecular complexity index is 666. The number of rotatable bonds is 2. The highest BCUT2D eigenvalue weighted by Gasteiger charge is 2.31. The van der Waals surface area contributed by atoms with Crippen molar-refractivity contribution in [3.05, 3.63) is 41.3 Å². The van der Waals surface area contributed by atoms with Gasteiger partial charge >= 0.3 is 6.18 Å². The molecule has 0 radical (unpaired) electrons. The van der Waals surface area contributed by atoms with Crippen LogP contribution in [0.3, 0.4) is 0 Å². The van der Waals surface area contributed by atoms with E-state index in [9.17, 15) is 18.0 Å². The summed E-state index contributed by atoms with van der Waals surface area (Å²) >= 11 is 0. The SMILES string of the molecule is CC(C)(C)c1oc(-c2cccc(C(F)(F)F)c2)nc1C=O. The molecule has 21 heavy (non-hydrogen) atoms. The van der Waals surface area contributed by atoms with Crippen molar-refractivity contribution in [3.63, 3.8) is 0 Å². The third kappa shape index (κ3) is 3.15. The molecule has 1 heterocycles. The summed E-state index contributed by atoms with van der Waals surface area (Å²) in [5.41, 5.74) is -0.968. The average Bonchev–Trinajstić information content (AvgIpc) is 2.82. The molecule has 112 valence electrons. The molecule has 0 atom stereocenters. The fourth-order valence-corrected chi connectivity index (χ4v) is 1.90. The van der Waals surface area contributed by atoms with Gasteiger partial charge in [-0.3, -0.25) is 4.79 Å². The lowest BCUT2D eigenvalue weighted by molar-refractivity contribution is -0.137. The van der Waals surface area contributed by atoms with Gasteiger partial charge in [0.1, 0.15) is 11.5 Å². The van der Waals surface area contributed by atoms with Crippen molar-refractivity contribution >= 4 is 6.29 Å². The second-order valence-electron chi connectivity index (χ2n) is 5.68. The molecule has 0 saturated heterocycles. The smallest absolute Gasteiger partial charge is 0.416 e. The molecule has 2 aromatic rings. The maximum Gasteiger partial charge on any atom is 0.416 e. The van der Waals surface area contributed by atoms with Crippen LogP contribution in [0.25, 0.3) is 11.5 Å². The molecule has 0 bridgehead atoms. The Morgan fingerprint density at radius 3 is 2.33 bits per heavy atom. The van der Waals surface area contributed by atoms with Crippen LogP contribution in [0.2, 0.25) is 0 Å². The van der Waals surface area contributed by atoms with E-state index in [-0.39, 0.29) is 17.1 Å². The standard InChI is InChI=1S/C15H14F3NO2/c1-14(2,3)12-11(8-20)19-13(21-12)9-5-4-6-10(7-9)15(16,17)18/h4-8H,1-3H3. The van der Waals surface area contributed by atoms with E-state index in [2.05, 4.69) is 4.98 Å². The van der Waals surface area contributed by atoms with E-state index >= 15 is 0 Å². The first-order valence-electron chi connectivity index (χ1n) is 6.27. The molecule has 0 saturated carbocycles. The number of aromatic nitrogens is 1. The predicted molar refractivity (Wildman–Crippen MR) is 71.0 cm³/mol. The van der Waals surface area contributed by atoms with E-state index in [1.807, 2.05) is 20.8 Å². The molecule has 0 N–H and O–H groups in total. The summed E-state index contributed by atoms with van der Waals surface area (Å²) in [6, 6.07) is 4.66. The zero-order valence-electron chi connectivity index (χ0n) is 11.8. The van der Waals surface area contributed by atoms with E-state index in [1.165, 1.54) is 12.1 Å². The normalized spacial score (nSPS) is 12.5. The number of hydrogen-bond acceptors (Lipinski definition) is 3. The molecule has 0 unspecified atom stereocenters. The van der Waals surface area contributed by atoms with Gasteiger partial charge in [-0.15, -0.1) is 0 Å². The van der Waals surface area contributed by atoms with Crippen LogP contribution in [0.1, 0.15) is 42.6 Å². The summed E-state index contributed by atoms with van der Waals surface area (Å²) in [7, 11) is 0. The van der Waals surface area contributed by atoms with Crippen LogP contribution in [0.5, 0.6) is 0 Å². The van der Waals surface area contributed by atoms with Crippen molar-refractivity contribution < 1.29 is 22.4 Å². The Morgan fingerprint density at radius 2 is 1.86 bits per heavy atom. The van der Waals surface area contributed by atoms with Crippen molar-refractivity contribution in [2.75, 3.05) is 0 Å². The quantitative estimate of drug-likeness (QED) is 0.768. The first-order valence-corrected chi connectivity index (χ1v) is 6.27. The maximum absolute atomic E-state index is 12.7. The van der Waals surface area contributed by atoms with Gasteiger partial charge in [-0.2, -0.15) is 13.2 Å². The number of halogens is 3. The molecule has 3 nitrogen and oxygen atoms in total. The molecule has 2 rings (SSSR count). The van der Waals surface area contributed by atoms with Crippen molar-refractivity contribution in [3.8, 4) is 11.5 Å². The molecule has 0 amide bonds. The van der Waals surface area contributed by atoms with Crippen LogP contribution in [-0.4, -0.2) is 11.3 Å². The van der Waals surface area contributed by atoms with E-state index in [0.717, 1.165) is 12.1 Å². The van der Waals surface area contributed by atoms with Crippen LogP contribution in [0.4, 0.5) is 13.2 Å². The predicted octanol–water partition coefficient (Wildman–Crippen LogP) is 4.47. The van der Waals surface area contributed by atoms with Crippen LogP contribution in [0, 0.1) is 0 Å². The van der Waals surface area contributed by atoms with E-state index in [1.54, 1.807) is 0 Å². The van der Waals surface area contributed by atoms with Gasteiger partial charge in [0.05, 0.1) is 5.56 Å². The summed E-state index contributed by atoms with van der Waals surface area (Å²) in [5, 5.41) is 0. The molecule has 0 aliphatic carbocycles. The molecule has 0 aliphatic rings. The van der Waals surface area contributed by atoms with Gasteiger partial charge in [-0.1, -0.05) is 26.8 Å². The van der Waals surface area contributed by atoms with Crippen molar-refractivity contribution in [2.45, 2.75) is 32.4 Å². The number of nitrogens with zero attached hydrogens (tertiary/aromatic N) is 1. The van der Waals surface area contributed by atoms with Gasteiger partial charge in [0.15, 0.2) is 6.29 Å². The minimum atomic E-state index is -4.44. The second-order valence-corrected chi connectivity index (χ2v) is 5.68. The second kappa shape index (κ2) is 5.02. The average molecular weight is 297 g/mol. The van der Waals surface area contributed by atoms with Gasteiger partial charge < -0.3 is 4.42 Å². The first kappa shape index (κ1) is 15.3. The largest absolute Gasteiger partial charge is 0.440 e. The summed E-state index contributed by atoms with van der Waals surface area (Å²) < 4.78 is 43.7. The van der Waals surface area contributed by atoms with E-state index in [4.69, 9.17) is 4.42 Å². The van der Waals surface area contributed by atoms with Crippen LogP contribution >= 0.6 is 0 Å². The van der Waals surface area contributed by atoms with Crippen molar-refractivity contribution in [2.24, 2.45) is 0 Å². The Labute approximate surface area is 119 Å². The number of alkyl halides is 3. The van der Waals surface area contributed by atoms with Gasteiger partial charge in [0.25, 0.3) is 0 Å². The fourth-order valence-electron chi connectivity index (χ4n) is 1.90. The molecule has 0 aliphatic heterocycles. The minimum Gasteiger partial charge on any atom is -0.440 e. The minimum absolute atomic E-state index is 0.00752. The number of aldehydes is 1. The van der Waals surface area contributed by atoms with Crippen molar-refractivity contribution in [1.29, 1.82) is 0 Å². The molecule has 0 spiro atoms. The van der Waals surface area contributed by atoms with Crippen molar-refractivity contribution in [1.82, 2.24) is 4.98 Å². The fraction of sp³-hybridized carbons (Fsp3) is 0.333. The zero-order chi connectivity index (χ0) is 15.8. The zero-order valence-corrected chi connectivity index (χ0v) is 11.8. The number of carbonyl (C=O) groups excluding carboxylic acids is 1. The topological polar surface area (TPSA) is 43.1 Å². The molecule has 1 aromatic heterocycles. The number of carbonyl (C=O) groups is 1. The van der Waals surface area contributed by atoms with E-state index in [0.29, 0.717) is 12.0 Å². The lowest BCUT2D eigenvalue weighted by Crippen LogP contribution is -2.12. The summed E-state index contributed by atoms with van der Waals surface area (Å²) in [6.45, 7) is 5.49. The van der Waals surface area contributed by atoms with Crippen LogP contribution in [0.15, 0.2) is 28.7 Å². The number of oxazole rings is 1. The van der Waals surface area contributed by atoms with Crippen LogP contribution < -0.4 is 0 Å². The Kier molecular flexibility index (Phi) is 3.65. The monoisotopic (exact) mass is 297 g/mol. The lowest BCUT2D eigenvalue weighted by Gasteiger charge is -2.14. The Morgan fingerprint density at radius 1 is 1.19 bits per heavy atom. The summed E-state index contributed by atoms with van der Waals surface area (Å²) in [4.78, 5) is 15.0. The maximum atomic E-state index is 12.7. The third-order valence-electron chi connectivity index (χ3n) is 2.88. The molecule has 6 heteroatoms. The summed E-state index contributed by atoms with van der Waals surface area (Å²) in [6.07, 6.45) is -3.90. The highest BCUT2D eigenvalue weighted by molar-refractivity contribution is 5.75. The van der Waals surface area contributed by atoms with E-state index < -0.39 is 17.2 Å². The molecule has 0 fully saturated rings. The highest BCUT2D eigenvalue weighted by Crippen LogP contribution is 2.34. The molecule has 1 aromatic carbocycles. The Hall–Kier alpha value is -2.11. The third-order valence-corrected chi connectivity index (χ3v) is 2.88. The Balaban J connectivity index is 2.53. The van der Waals surface area contributed by atoms with Gasteiger partial charge in [0, 0.05) is 11.0 Å². The number of hydrogen-bond donors (Lipinski definition) is 0. The lowest BCUT2D eigenvalue weighted by atomic mass is 9.92. The highest BCUT2D eigenvalue weighted by atomic mass is 19.4. The first-order chi connectivity index (χ1) is 9.63. The molecular weight excluding hydrogens is 283 g/mol. The van der Waals surface area contributed by atoms with Crippen LogP contribution in [-0.2, 0) is 11.6 Å². The summed E-state index contributed by atoms with van der Waals surface area (Å²) in [5.74, 6) is 0.359. The van der Waals surface area contributed by atoms with Gasteiger partial charge in [-0.25, -0.2) is 4.98 Å². The molecular formula is C15H14F3NO2. The number of benzene rings is 1. The van der Waals surface area contributed by atoms with Gasteiger partial charge in [0.2, 0.25) is 5.89 Å².